The fraction of sp³-hybridized carbons (Fsp3) is 0.533. The number of benzene rings is 1. The van der Waals surface area contributed by atoms with Crippen LogP contribution in [0.3, 0.4) is 0 Å². The summed E-state index contributed by atoms with van der Waals surface area (Å²) >= 11 is 18.5. The van der Waals surface area contributed by atoms with Crippen molar-refractivity contribution >= 4 is 45.8 Å². The van der Waals surface area contributed by atoms with Crippen LogP contribution in [0.4, 0.5) is 0 Å². The van der Waals surface area contributed by atoms with E-state index >= 15 is 0 Å². The predicted molar refractivity (Wildman–Crippen MR) is 86.0 cm³/mol. The van der Waals surface area contributed by atoms with E-state index in [4.69, 9.17) is 34.8 Å². The lowest BCUT2D eigenvalue weighted by Gasteiger charge is -2.10. The van der Waals surface area contributed by atoms with Crippen molar-refractivity contribution in [3.05, 3.63) is 28.0 Å². The fourth-order valence-corrected chi connectivity index (χ4v) is 3.10. The monoisotopic (exact) mass is 330 g/mol. The molecule has 1 unspecified atom stereocenters. The van der Waals surface area contributed by atoms with Crippen molar-refractivity contribution in [1.82, 2.24) is 9.55 Å². The number of rotatable bonds is 5. The Morgan fingerprint density at radius 1 is 1.30 bits per heavy atom. The number of nitrogens with zero attached hydrogens (tertiary/aromatic N) is 2. The molecule has 1 aliphatic rings. The molecule has 0 bridgehead atoms. The molecule has 0 saturated heterocycles. The van der Waals surface area contributed by atoms with Gasteiger partial charge in [0.25, 0.3) is 0 Å². The molecule has 1 aromatic heterocycles. The van der Waals surface area contributed by atoms with Crippen LogP contribution in [0.2, 0.25) is 10.0 Å². The van der Waals surface area contributed by atoms with Crippen molar-refractivity contribution in [1.29, 1.82) is 0 Å². The van der Waals surface area contributed by atoms with Crippen LogP contribution < -0.4 is 0 Å². The quantitative estimate of drug-likeness (QED) is 0.630. The minimum atomic E-state index is -0.124. The number of hydrogen-bond acceptors (Lipinski definition) is 1. The summed E-state index contributed by atoms with van der Waals surface area (Å²) in [4.78, 5) is 4.62. The van der Waals surface area contributed by atoms with Gasteiger partial charge in [0.1, 0.15) is 5.82 Å². The molecule has 1 heterocycles. The van der Waals surface area contributed by atoms with E-state index in [9.17, 15) is 0 Å². The molecule has 0 N–H and O–H groups in total. The van der Waals surface area contributed by atoms with Gasteiger partial charge in [-0.05, 0) is 37.8 Å². The van der Waals surface area contributed by atoms with Crippen LogP contribution in [0.1, 0.15) is 43.8 Å². The Morgan fingerprint density at radius 2 is 2.00 bits per heavy atom. The predicted octanol–water partition coefficient (Wildman–Crippen LogP) is 5.83. The van der Waals surface area contributed by atoms with E-state index in [0.717, 1.165) is 35.7 Å². The zero-order valence-electron chi connectivity index (χ0n) is 11.4. The van der Waals surface area contributed by atoms with Crippen LogP contribution in [-0.2, 0) is 6.54 Å². The Labute approximate surface area is 134 Å². The lowest BCUT2D eigenvalue weighted by molar-refractivity contribution is 0.569. The molecule has 1 saturated carbocycles. The van der Waals surface area contributed by atoms with E-state index in [1.54, 1.807) is 0 Å². The number of aryl methyl sites for hydroxylation is 1. The first-order valence-corrected chi connectivity index (χ1v) is 8.24. The van der Waals surface area contributed by atoms with E-state index < -0.39 is 0 Å². The number of hydrogen-bond donors (Lipinski definition) is 0. The second-order valence-corrected chi connectivity index (χ2v) is 7.05. The highest BCUT2D eigenvalue weighted by Crippen LogP contribution is 2.35. The third kappa shape index (κ3) is 2.93. The second-order valence-electron chi connectivity index (χ2n) is 5.58. The van der Waals surface area contributed by atoms with Gasteiger partial charge >= 0.3 is 0 Å². The molecule has 0 amide bonds. The molecular weight excluding hydrogens is 315 g/mol. The zero-order valence-corrected chi connectivity index (χ0v) is 13.6. The molecule has 0 spiro atoms. The minimum absolute atomic E-state index is 0.124. The van der Waals surface area contributed by atoms with Gasteiger partial charge in [0.15, 0.2) is 0 Å². The zero-order chi connectivity index (χ0) is 14.3. The first-order chi connectivity index (χ1) is 9.56. The maximum atomic E-state index is 6.26. The number of alkyl halides is 1. The SMILES string of the molecule is CC(Cl)c1nc2cc(Cl)c(Cl)cc2n1CCCC1CC1. The van der Waals surface area contributed by atoms with E-state index in [0.29, 0.717) is 10.0 Å². The van der Waals surface area contributed by atoms with Crippen LogP contribution in [0.25, 0.3) is 11.0 Å². The van der Waals surface area contributed by atoms with E-state index in [-0.39, 0.29) is 5.38 Å². The molecule has 1 atom stereocenters. The van der Waals surface area contributed by atoms with Gasteiger partial charge < -0.3 is 4.57 Å². The van der Waals surface area contributed by atoms with Crippen LogP contribution in [-0.4, -0.2) is 9.55 Å². The van der Waals surface area contributed by atoms with Crippen molar-refractivity contribution in [2.24, 2.45) is 5.92 Å². The van der Waals surface area contributed by atoms with Crippen LogP contribution in [0.15, 0.2) is 12.1 Å². The normalized spacial score (nSPS) is 16.8. The van der Waals surface area contributed by atoms with Gasteiger partial charge in [-0.3, -0.25) is 0 Å². The maximum absolute atomic E-state index is 6.26. The Balaban J connectivity index is 1.96. The molecule has 5 heteroatoms. The second kappa shape index (κ2) is 5.75. The summed E-state index contributed by atoms with van der Waals surface area (Å²) < 4.78 is 2.19. The molecule has 0 radical (unpaired) electrons. The molecule has 1 aromatic carbocycles. The molecule has 1 aliphatic carbocycles. The first kappa shape index (κ1) is 14.5. The highest BCUT2D eigenvalue weighted by atomic mass is 35.5. The van der Waals surface area contributed by atoms with E-state index in [1.165, 1.54) is 19.3 Å². The summed E-state index contributed by atoms with van der Waals surface area (Å²) in [6.07, 6.45) is 5.24. The standard InChI is InChI=1S/C15H17Cl3N2/c1-9(16)15-19-13-7-11(17)12(18)8-14(13)20(15)6-2-3-10-4-5-10/h7-10H,2-6H2,1H3. The molecule has 108 valence electrons. The van der Waals surface area contributed by atoms with E-state index in [2.05, 4.69) is 9.55 Å². The topological polar surface area (TPSA) is 17.8 Å². The number of fused-ring (bicyclic) bond motifs is 1. The molecular formula is C15H17Cl3N2. The lowest BCUT2D eigenvalue weighted by Crippen LogP contribution is -2.05. The van der Waals surface area contributed by atoms with Crippen molar-refractivity contribution in [3.8, 4) is 0 Å². The largest absolute Gasteiger partial charge is 0.327 e. The summed E-state index contributed by atoms with van der Waals surface area (Å²) in [5.74, 6) is 1.84. The lowest BCUT2D eigenvalue weighted by atomic mass is 10.2. The highest BCUT2D eigenvalue weighted by Gasteiger charge is 2.21. The van der Waals surface area contributed by atoms with Crippen LogP contribution in [0.5, 0.6) is 0 Å². The molecule has 0 aliphatic heterocycles. The summed E-state index contributed by atoms with van der Waals surface area (Å²) in [6, 6.07) is 3.71. The van der Waals surface area contributed by atoms with Crippen molar-refractivity contribution < 1.29 is 0 Å². The van der Waals surface area contributed by atoms with E-state index in [1.807, 2.05) is 19.1 Å². The third-order valence-corrected chi connectivity index (χ3v) is 4.78. The van der Waals surface area contributed by atoms with Gasteiger partial charge in [0.2, 0.25) is 0 Å². The Kier molecular flexibility index (Phi) is 4.16. The van der Waals surface area contributed by atoms with Gasteiger partial charge in [0.05, 0.1) is 26.5 Å². The van der Waals surface area contributed by atoms with Crippen molar-refractivity contribution in [2.45, 2.75) is 44.5 Å². The van der Waals surface area contributed by atoms with Gasteiger partial charge in [0, 0.05) is 6.54 Å². The molecule has 2 nitrogen and oxygen atoms in total. The summed E-state index contributed by atoms with van der Waals surface area (Å²) in [5, 5.41) is 0.979. The van der Waals surface area contributed by atoms with Crippen LogP contribution >= 0.6 is 34.8 Å². The smallest absolute Gasteiger partial charge is 0.127 e. The Bertz CT molecular complexity index is 630. The number of imidazole rings is 1. The Morgan fingerprint density at radius 3 is 2.65 bits per heavy atom. The third-order valence-electron chi connectivity index (χ3n) is 3.87. The first-order valence-electron chi connectivity index (χ1n) is 7.05. The molecule has 1 fully saturated rings. The Hall–Kier alpha value is -0.440. The van der Waals surface area contributed by atoms with Crippen molar-refractivity contribution in [3.63, 3.8) is 0 Å². The number of aromatic nitrogens is 2. The fourth-order valence-electron chi connectivity index (χ4n) is 2.62. The molecule has 2 aromatic rings. The maximum Gasteiger partial charge on any atom is 0.127 e. The summed E-state index contributed by atoms with van der Waals surface area (Å²) in [6.45, 7) is 2.89. The summed E-state index contributed by atoms with van der Waals surface area (Å²) in [5.41, 5.74) is 1.89. The average Bonchev–Trinajstić information content (AvgIpc) is 3.14. The van der Waals surface area contributed by atoms with Crippen LogP contribution in [0, 0.1) is 5.92 Å². The summed E-state index contributed by atoms with van der Waals surface area (Å²) in [7, 11) is 0. The highest BCUT2D eigenvalue weighted by molar-refractivity contribution is 6.42. The van der Waals surface area contributed by atoms with Gasteiger partial charge in [-0.2, -0.15) is 0 Å². The molecule has 3 rings (SSSR count). The minimum Gasteiger partial charge on any atom is -0.327 e. The van der Waals surface area contributed by atoms with Gasteiger partial charge in [-0.15, -0.1) is 11.6 Å². The van der Waals surface area contributed by atoms with Gasteiger partial charge in [-0.1, -0.05) is 36.0 Å². The van der Waals surface area contributed by atoms with Gasteiger partial charge in [-0.25, -0.2) is 4.98 Å². The number of halogens is 3. The average molecular weight is 332 g/mol. The van der Waals surface area contributed by atoms with Crippen molar-refractivity contribution in [2.75, 3.05) is 0 Å². The molecule has 20 heavy (non-hydrogen) atoms.